The molecule has 0 saturated carbocycles. The van der Waals surface area contributed by atoms with E-state index in [4.69, 9.17) is 4.74 Å². The van der Waals surface area contributed by atoms with Crippen molar-refractivity contribution in [3.05, 3.63) is 95.4 Å². The van der Waals surface area contributed by atoms with E-state index in [1.165, 1.54) is 16.8 Å². The van der Waals surface area contributed by atoms with Crippen LogP contribution in [-0.2, 0) is 6.61 Å². The Kier molecular flexibility index (Phi) is 5.73. The molecule has 1 aliphatic rings. The van der Waals surface area contributed by atoms with Crippen LogP contribution >= 0.6 is 0 Å². The van der Waals surface area contributed by atoms with Crippen molar-refractivity contribution < 1.29 is 9.53 Å². The lowest BCUT2D eigenvalue weighted by Crippen LogP contribution is -2.48. The monoisotopic (exact) mass is 440 g/mol. The summed E-state index contributed by atoms with van der Waals surface area (Å²) in [5.74, 6) is 0.796. The second-order valence-corrected chi connectivity index (χ2v) is 8.64. The summed E-state index contributed by atoms with van der Waals surface area (Å²) in [6.45, 7) is 7.67. The molecule has 0 N–H and O–H groups in total. The number of ether oxygens (including phenoxy) is 1. The van der Waals surface area contributed by atoms with Crippen LogP contribution in [0.15, 0.2) is 73.1 Å². The van der Waals surface area contributed by atoms with Crippen molar-refractivity contribution in [2.75, 3.05) is 31.1 Å². The zero-order chi connectivity index (χ0) is 22.8. The summed E-state index contributed by atoms with van der Waals surface area (Å²) in [5, 5.41) is 0. The minimum Gasteiger partial charge on any atom is -0.487 e. The summed E-state index contributed by atoms with van der Waals surface area (Å²) in [5.41, 5.74) is 6.13. The molecule has 6 nitrogen and oxygen atoms in total. The maximum Gasteiger partial charge on any atom is 0.253 e. The maximum absolute atomic E-state index is 13.0. The van der Waals surface area contributed by atoms with Gasteiger partial charge in [-0.2, -0.15) is 0 Å². The quantitative estimate of drug-likeness (QED) is 0.459. The van der Waals surface area contributed by atoms with Gasteiger partial charge in [-0.1, -0.05) is 18.2 Å². The Labute approximate surface area is 194 Å². The van der Waals surface area contributed by atoms with Gasteiger partial charge in [0, 0.05) is 49.8 Å². The highest BCUT2D eigenvalue weighted by Gasteiger charge is 2.22. The SMILES string of the molecule is Cc1cccc(N2CCN(C(=O)c3ccc(OCc4cn5cc(C)ccc5n4)cc3)CC2)c1. The molecule has 2 aromatic carbocycles. The van der Waals surface area contributed by atoms with E-state index in [2.05, 4.69) is 48.0 Å². The van der Waals surface area contributed by atoms with Crippen LogP contribution in [0.3, 0.4) is 0 Å². The van der Waals surface area contributed by atoms with E-state index in [0.717, 1.165) is 43.3 Å². The van der Waals surface area contributed by atoms with Gasteiger partial charge < -0.3 is 18.9 Å². The molecule has 1 saturated heterocycles. The van der Waals surface area contributed by atoms with Crippen LogP contribution < -0.4 is 9.64 Å². The number of carbonyl (C=O) groups excluding carboxylic acids is 1. The first-order valence-corrected chi connectivity index (χ1v) is 11.3. The summed E-state index contributed by atoms with van der Waals surface area (Å²) in [4.78, 5) is 21.8. The molecule has 5 rings (SSSR count). The minimum absolute atomic E-state index is 0.0705. The fourth-order valence-corrected chi connectivity index (χ4v) is 4.25. The number of fused-ring (bicyclic) bond motifs is 1. The Bertz CT molecular complexity index is 1270. The molecule has 1 amide bonds. The number of benzene rings is 2. The maximum atomic E-state index is 13.0. The van der Waals surface area contributed by atoms with Gasteiger partial charge in [0.1, 0.15) is 18.0 Å². The minimum atomic E-state index is 0.0705. The Hall–Kier alpha value is -3.80. The molecule has 0 atom stereocenters. The average Bonchev–Trinajstić information content (AvgIpc) is 3.25. The summed E-state index contributed by atoms with van der Waals surface area (Å²) >= 11 is 0. The molecule has 6 heteroatoms. The summed E-state index contributed by atoms with van der Waals surface area (Å²) in [6.07, 6.45) is 4.03. The van der Waals surface area contributed by atoms with Crippen molar-refractivity contribution in [2.45, 2.75) is 20.5 Å². The molecule has 0 radical (unpaired) electrons. The van der Waals surface area contributed by atoms with Crippen LogP contribution in [0.5, 0.6) is 5.75 Å². The van der Waals surface area contributed by atoms with Gasteiger partial charge in [0.2, 0.25) is 0 Å². The Balaban J connectivity index is 1.16. The highest BCUT2D eigenvalue weighted by atomic mass is 16.5. The van der Waals surface area contributed by atoms with Crippen LogP contribution in [0.4, 0.5) is 5.69 Å². The standard InChI is InChI=1S/C27H28N4O2/c1-20-4-3-5-24(16-20)29-12-14-30(15-13-29)27(32)22-7-9-25(10-8-22)33-19-23-18-31-17-21(2)6-11-26(31)28-23/h3-11,16-18H,12-15,19H2,1-2H3. The first kappa shape index (κ1) is 21.1. The molecule has 4 aromatic rings. The van der Waals surface area contributed by atoms with Gasteiger partial charge in [-0.3, -0.25) is 4.79 Å². The van der Waals surface area contributed by atoms with Gasteiger partial charge in [-0.05, 0) is 67.4 Å². The second-order valence-electron chi connectivity index (χ2n) is 8.64. The van der Waals surface area contributed by atoms with E-state index < -0.39 is 0 Å². The summed E-state index contributed by atoms with van der Waals surface area (Å²) in [6, 6.07) is 20.0. The van der Waals surface area contributed by atoms with Crippen molar-refractivity contribution in [1.29, 1.82) is 0 Å². The number of aryl methyl sites for hydroxylation is 2. The van der Waals surface area contributed by atoms with E-state index in [1.54, 1.807) is 0 Å². The molecule has 0 unspecified atom stereocenters. The number of rotatable bonds is 5. The molecule has 33 heavy (non-hydrogen) atoms. The molecule has 3 heterocycles. The number of carbonyl (C=O) groups is 1. The topological polar surface area (TPSA) is 50.1 Å². The fourth-order valence-electron chi connectivity index (χ4n) is 4.25. The normalized spacial score (nSPS) is 14.0. The second kappa shape index (κ2) is 8.98. The van der Waals surface area contributed by atoms with E-state index in [1.807, 2.05) is 58.1 Å². The van der Waals surface area contributed by atoms with E-state index in [-0.39, 0.29) is 5.91 Å². The highest BCUT2D eigenvalue weighted by Crippen LogP contribution is 2.20. The number of aromatic nitrogens is 2. The molecule has 0 spiro atoms. The lowest BCUT2D eigenvalue weighted by Gasteiger charge is -2.36. The van der Waals surface area contributed by atoms with Gasteiger partial charge in [0.05, 0.1) is 5.69 Å². The third-order valence-electron chi connectivity index (χ3n) is 6.07. The molecule has 1 aliphatic heterocycles. The first-order valence-electron chi connectivity index (χ1n) is 11.3. The van der Waals surface area contributed by atoms with E-state index in [0.29, 0.717) is 12.2 Å². The third-order valence-corrected chi connectivity index (χ3v) is 6.07. The van der Waals surface area contributed by atoms with Crippen molar-refractivity contribution >= 4 is 17.2 Å². The predicted molar refractivity (Wildman–Crippen MR) is 130 cm³/mol. The van der Waals surface area contributed by atoms with Crippen LogP contribution in [0, 0.1) is 13.8 Å². The number of pyridine rings is 1. The van der Waals surface area contributed by atoms with Crippen molar-refractivity contribution in [3.63, 3.8) is 0 Å². The van der Waals surface area contributed by atoms with Crippen LogP contribution in [0.1, 0.15) is 27.2 Å². The lowest BCUT2D eigenvalue weighted by atomic mass is 10.1. The van der Waals surface area contributed by atoms with Gasteiger partial charge in [0.15, 0.2) is 0 Å². The van der Waals surface area contributed by atoms with E-state index >= 15 is 0 Å². The third kappa shape index (κ3) is 4.70. The molecule has 168 valence electrons. The number of hydrogen-bond donors (Lipinski definition) is 0. The van der Waals surface area contributed by atoms with Crippen molar-refractivity contribution in [3.8, 4) is 5.75 Å². The first-order chi connectivity index (χ1) is 16.0. The van der Waals surface area contributed by atoms with Crippen molar-refractivity contribution in [2.24, 2.45) is 0 Å². The Morgan fingerprint density at radius 2 is 1.70 bits per heavy atom. The van der Waals surface area contributed by atoms with Crippen LogP contribution in [-0.4, -0.2) is 46.4 Å². The van der Waals surface area contributed by atoms with Crippen molar-refractivity contribution in [1.82, 2.24) is 14.3 Å². The molecular weight excluding hydrogens is 412 g/mol. The highest BCUT2D eigenvalue weighted by molar-refractivity contribution is 5.94. The zero-order valence-corrected chi connectivity index (χ0v) is 19.1. The number of hydrogen-bond acceptors (Lipinski definition) is 4. The smallest absolute Gasteiger partial charge is 0.253 e. The van der Waals surface area contributed by atoms with Crippen LogP contribution in [0.25, 0.3) is 5.65 Å². The van der Waals surface area contributed by atoms with Gasteiger partial charge in [0.25, 0.3) is 5.91 Å². The predicted octanol–water partition coefficient (Wildman–Crippen LogP) is 4.49. The zero-order valence-electron chi connectivity index (χ0n) is 19.1. The summed E-state index contributed by atoms with van der Waals surface area (Å²) in [7, 11) is 0. The van der Waals surface area contributed by atoms with Gasteiger partial charge >= 0.3 is 0 Å². The summed E-state index contributed by atoms with van der Waals surface area (Å²) < 4.78 is 7.91. The number of anilines is 1. The molecular formula is C27H28N4O2. The molecule has 0 aliphatic carbocycles. The molecule has 0 bridgehead atoms. The lowest BCUT2D eigenvalue weighted by molar-refractivity contribution is 0.0746. The fraction of sp³-hybridized carbons (Fsp3) is 0.259. The largest absolute Gasteiger partial charge is 0.487 e. The molecule has 1 fully saturated rings. The average molecular weight is 441 g/mol. The Morgan fingerprint density at radius 3 is 2.45 bits per heavy atom. The van der Waals surface area contributed by atoms with Crippen LogP contribution in [0.2, 0.25) is 0 Å². The van der Waals surface area contributed by atoms with Gasteiger partial charge in [-0.25, -0.2) is 4.98 Å². The Morgan fingerprint density at radius 1 is 0.909 bits per heavy atom. The molecule has 2 aromatic heterocycles. The number of amides is 1. The van der Waals surface area contributed by atoms with Gasteiger partial charge in [-0.15, -0.1) is 0 Å². The number of imidazole rings is 1. The number of piperazine rings is 1. The van der Waals surface area contributed by atoms with E-state index in [9.17, 15) is 4.79 Å². The number of nitrogens with zero attached hydrogens (tertiary/aromatic N) is 4.